The normalized spacial score (nSPS) is 18.4. The summed E-state index contributed by atoms with van der Waals surface area (Å²) in [6.45, 7) is 13.0. The Hall–Kier alpha value is -1.81. The number of nitrogens with zero attached hydrogens (tertiary/aromatic N) is 3. The first kappa shape index (κ1) is 14.6. The van der Waals surface area contributed by atoms with Gasteiger partial charge in [-0.2, -0.15) is 0 Å². The van der Waals surface area contributed by atoms with Crippen LogP contribution in [-0.2, 0) is 11.3 Å². The van der Waals surface area contributed by atoms with Gasteiger partial charge < -0.3 is 9.47 Å². The van der Waals surface area contributed by atoms with Gasteiger partial charge in [-0.05, 0) is 19.1 Å². The second kappa shape index (κ2) is 6.57. The number of hydrogen-bond donors (Lipinski definition) is 0. The highest BCUT2D eigenvalue weighted by atomic mass is 16.2. The number of hydrogen-bond acceptors (Lipinski definition) is 2. The SMILES string of the molecule is C=CCN(CC=C)C(=O)CN1CCn2cccc2[C@H]1C. The molecule has 2 rings (SSSR count). The van der Waals surface area contributed by atoms with Gasteiger partial charge in [0.2, 0.25) is 5.91 Å². The summed E-state index contributed by atoms with van der Waals surface area (Å²) in [4.78, 5) is 16.4. The van der Waals surface area contributed by atoms with E-state index in [2.05, 4.69) is 47.9 Å². The molecule has 1 aromatic rings. The molecule has 0 radical (unpaired) electrons. The van der Waals surface area contributed by atoms with E-state index in [1.807, 2.05) is 0 Å². The third-order valence-electron chi connectivity index (χ3n) is 3.86. The van der Waals surface area contributed by atoms with Crippen molar-refractivity contribution in [3.63, 3.8) is 0 Å². The Bertz CT molecular complexity index is 482. The molecule has 1 aliphatic heterocycles. The summed E-state index contributed by atoms with van der Waals surface area (Å²) in [7, 11) is 0. The van der Waals surface area contributed by atoms with Crippen molar-refractivity contribution < 1.29 is 4.79 Å². The van der Waals surface area contributed by atoms with Crippen LogP contribution in [0.1, 0.15) is 18.7 Å². The number of rotatable bonds is 6. The van der Waals surface area contributed by atoms with E-state index in [1.54, 1.807) is 17.1 Å². The quantitative estimate of drug-likeness (QED) is 0.742. The number of fused-ring (bicyclic) bond motifs is 1. The minimum atomic E-state index is 0.136. The van der Waals surface area contributed by atoms with E-state index in [9.17, 15) is 4.79 Å². The van der Waals surface area contributed by atoms with Crippen LogP contribution in [0, 0.1) is 0 Å². The van der Waals surface area contributed by atoms with Crippen LogP contribution in [0.2, 0.25) is 0 Å². The lowest BCUT2D eigenvalue weighted by Crippen LogP contribution is -2.44. The average molecular weight is 273 g/mol. The zero-order valence-corrected chi connectivity index (χ0v) is 12.2. The van der Waals surface area contributed by atoms with Gasteiger partial charge >= 0.3 is 0 Å². The highest BCUT2D eigenvalue weighted by Gasteiger charge is 2.26. The van der Waals surface area contributed by atoms with Crippen molar-refractivity contribution in [2.45, 2.75) is 19.5 Å². The minimum absolute atomic E-state index is 0.136. The van der Waals surface area contributed by atoms with Crippen LogP contribution in [-0.4, -0.2) is 46.5 Å². The van der Waals surface area contributed by atoms with Gasteiger partial charge in [-0.1, -0.05) is 12.2 Å². The molecule has 0 saturated heterocycles. The van der Waals surface area contributed by atoms with Gasteiger partial charge in [0, 0.05) is 44.1 Å². The predicted octanol–water partition coefficient (Wildman–Crippen LogP) is 2.07. The Morgan fingerprint density at radius 2 is 2.10 bits per heavy atom. The Morgan fingerprint density at radius 3 is 2.75 bits per heavy atom. The molecule has 1 atom stereocenters. The zero-order chi connectivity index (χ0) is 14.5. The average Bonchev–Trinajstić information content (AvgIpc) is 2.91. The maximum Gasteiger partial charge on any atom is 0.237 e. The van der Waals surface area contributed by atoms with E-state index < -0.39 is 0 Å². The standard InChI is InChI=1S/C16H23N3O/c1-4-8-18(9-5-2)16(20)13-19-12-11-17-10-6-7-15(17)14(19)3/h4-7,10,14H,1-2,8-9,11-13H2,3H3/t14-/m1/s1. The minimum Gasteiger partial charge on any atom is -0.349 e. The molecule has 0 aliphatic carbocycles. The molecule has 0 fully saturated rings. The van der Waals surface area contributed by atoms with Crippen LogP contribution < -0.4 is 0 Å². The van der Waals surface area contributed by atoms with Crippen LogP contribution in [0.3, 0.4) is 0 Å². The molecule has 0 aromatic carbocycles. The summed E-state index contributed by atoms with van der Waals surface area (Å²) >= 11 is 0. The molecule has 4 nitrogen and oxygen atoms in total. The third kappa shape index (κ3) is 3.02. The molecule has 108 valence electrons. The van der Waals surface area contributed by atoms with Crippen LogP contribution in [0.25, 0.3) is 0 Å². The van der Waals surface area contributed by atoms with Gasteiger partial charge in [0.25, 0.3) is 0 Å². The Balaban J connectivity index is 2.01. The summed E-state index contributed by atoms with van der Waals surface area (Å²) in [5.41, 5.74) is 1.28. The number of amides is 1. The van der Waals surface area contributed by atoms with Crippen LogP contribution in [0.5, 0.6) is 0 Å². The van der Waals surface area contributed by atoms with Gasteiger partial charge in [-0.15, -0.1) is 13.2 Å². The second-order valence-corrected chi connectivity index (χ2v) is 5.15. The van der Waals surface area contributed by atoms with Crippen molar-refractivity contribution in [2.24, 2.45) is 0 Å². The van der Waals surface area contributed by atoms with E-state index >= 15 is 0 Å². The number of carbonyl (C=O) groups is 1. The lowest BCUT2D eigenvalue weighted by atomic mass is 10.1. The fourth-order valence-corrected chi connectivity index (χ4v) is 2.71. The van der Waals surface area contributed by atoms with Crippen molar-refractivity contribution in [3.8, 4) is 0 Å². The summed E-state index contributed by atoms with van der Waals surface area (Å²) in [5.74, 6) is 0.136. The molecule has 1 aliphatic rings. The van der Waals surface area contributed by atoms with E-state index in [4.69, 9.17) is 0 Å². The highest BCUT2D eigenvalue weighted by Crippen LogP contribution is 2.24. The van der Waals surface area contributed by atoms with Gasteiger partial charge in [0.1, 0.15) is 0 Å². The Morgan fingerprint density at radius 1 is 1.40 bits per heavy atom. The molecule has 2 heterocycles. The molecule has 0 saturated carbocycles. The number of carbonyl (C=O) groups excluding carboxylic acids is 1. The molecule has 0 spiro atoms. The Labute approximate surface area is 121 Å². The summed E-state index contributed by atoms with van der Waals surface area (Å²) < 4.78 is 2.26. The van der Waals surface area contributed by atoms with Gasteiger partial charge in [0.15, 0.2) is 0 Å². The summed E-state index contributed by atoms with van der Waals surface area (Å²) in [5, 5.41) is 0. The first-order valence-corrected chi connectivity index (χ1v) is 7.06. The molecule has 0 N–H and O–H groups in total. The molecule has 1 aromatic heterocycles. The maximum absolute atomic E-state index is 12.4. The first-order valence-electron chi connectivity index (χ1n) is 7.06. The molecular formula is C16H23N3O. The first-order chi connectivity index (χ1) is 9.67. The molecule has 20 heavy (non-hydrogen) atoms. The van der Waals surface area contributed by atoms with Crippen molar-refractivity contribution in [1.29, 1.82) is 0 Å². The lowest BCUT2D eigenvalue weighted by Gasteiger charge is -2.35. The highest BCUT2D eigenvalue weighted by molar-refractivity contribution is 5.78. The second-order valence-electron chi connectivity index (χ2n) is 5.15. The van der Waals surface area contributed by atoms with Crippen molar-refractivity contribution >= 4 is 5.91 Å². The third-order valence-corrected chi connectivity index (χ3v) is 3.86. The van der Waals surface area contributed by atoms with Crippen molar-refractivity contribution in [1.82, 2.24) is 14.4 Å². The molecule has 0 unspecified atom stereocenters. The smallest absolute Gasteiger partial charge is 0.237 e. The lowest BCUT2D eigenvalue weighted by molar-refractivity contribution is -0.132. The van der Waals surface area contributed by atoms with Crippen LogP contribution in [0.4, 0.5) is 0 Å². The van der Waals surface area contributed by atoms with Gasteiger partial charge in [-0.3, -0.25) is 9.69 Å². The van der Waals surface area contributed by atoms with Crippen LogP contribution in [0.15, 0.2) is 43.6 Å². The van der Waals surface area contributed by atoms with Gasteiger partial charge in [-0.25, -0.2) is 0 Å². The van der Waals surface area contributed by atoms with E-state index in [0.717, 1.165) is 13.1 Å². The largest absolute Gasteiger partial charge is 0.349 e. The fourth-order valence-electron chi connectivity index (χ4n) is 2.71. The zero-order valence-electron chi connectivity index (χ0n) is 12.2. The molecule has 0 bridgehead atoms. The van der Waals surface area contributed by atoms with E-state index in [0.29, 0.717) is 19.6 Å². The van der Waals surface area contributed by atoms with Gasteiger partial charge in [0.05, 0.1) is 6.54 Å². The monoisotopic (exact) mass is 273 g/mol. The fraction of sp³-hybridized carbons (Fsp3) is 0.438. The van der Waals surface area contributed by atoms with Crippen molar-refractivity contribution in [3.05, 3.63) is 49.3 Å². The molecule has 1 amide bonds. The predicted molar refractivity (Wildman–Crippen MR) is 81.4 cm³/mol. The molecular weight excluding hydrogens is 250 g/mol. The van der Waals surface area contributed by atoms with Crippen LogP contribution >= 0.6 is 0 Å². The Kier molecular flexibility index (Phi) is 4.79. The van der Waals surface area contributed by atoms with Crippen molar-refractivity contribution in [2.75, 3.05) is 26.2 Å². The maximum atomic E-state index is 12.4. The molecule has 4 heteroatoms. The topological polar surface area (TPSA) is 28.5 Å². The summed E-state index contributed by atoms with van der Waals surface area (Å²) in [6.07, 6.45) is 5.62. The van der Waals surface area contributed by atoms with E-state index in [-0.39, 0.29) is 11.9 Å². The number of aromatic nitrogens is 1. The van der Waals surface area contributed by atoms with E-state index in [1.165, 1.54) is 5.69 Å². The summed E-state index contributed by atoms with van der Waals surface area (Å²) in [6, 6.07) is 4.47.